The van der Waals surface area contributed by atoms with E-state index in [-0.39, 0.29) is 0 Å². The molecule has 1 saturated heterocycles. The highest BCUT2D eigenvalue weighted by Crippen LogP contribution is 2.21. The quantitative estimate of drug-likeness (QED) is 0.668. The van der Waals surface area contributed by atoms with Gasteiger partial charge in [0.2, 0.25) is 0 Å². The van der Waals surface area contributed by atoms with Gasteiger partial charge in [-0.1, -0.05) is 42.5 Å². The Morgan fingerprint density at radius 2 is 1.58 bits per heavy atom. The van der Waals surface area contributed by atoms with Crippen LogP contribution in [0, 0.1) is 0 Å². The van der Waals surface area contributed by atoms with Gasteiger partial charge in [-0.3, -0.25) is 4.99 Å². The first-order valence-electron chi connectivity index (χ1n) is 8.34. The van der Waals surface area contributed by atoms with Crippen molar-refractivity contribution < 1.29 is 4.74 Å². The summed E-state index contributed by atoms with van der Waals surface area (Å²) < 4.78 is 5.40. The van der Waals surface area contributed by atoms with Crippen LogP contribution in [-0.4, -0.2) is 32.5 Å². The van der Waals surface area contributed by atoms with Gasteiger partial charge in [-0.25, -0.2) is 0 Å². The predicted octanol–water partition coefficient (Wildman–Crippen LogP) is 4.43. The van der Waals surface area contributed by atoms with E-state index in [9.17, 15) is 0 Å². The number of nitrogens with zero attached hydrogens (tertiary/aromatic N) is 2. The van der Waals surface area contributed by atoms with Crippen LogP contribution >= 0.6 is 0 Å². The van der Waals surface area contributed by atoms with Crippen molar-refractivity contribution in [3.8, 4) is 0 Å². The second-order valence-electron chi connectivity index (χ2n) is 5.98. The second kappa shape index (κ2) is 6.85. The minimum Gasteiger partial charge on any atom is -0.378 e. The smallest absolute Gasteiger partial charge is 0.0642 e. The summed E-state index contributed by atoms with van der Waals surface area (Å²) in [6, 6.07) is 23.2. The molecule has 0 aliphatic carbocycles. The maximum atomic E-state index is 5.40. The number of rotatable bonds is 3. The van der Waals surface area contributed by atoms with E-state index < -0.39 is 0 Å². The largest absolute Gasteiger partial charge is 0.378 e. The second-order valence-corrected chi connectivity index (χ2v) is 5.98. The number of hydrogen-bond donors (Lipinski definition) is 0. The molecule has 1 fully saturated rings. The van der Waals surface area contributed by atoms with E-state index in [2.05, 4.69) is 76.6 Å². The normalized spacial score (nSPS) is 15.2. The predicted molar refractivity (Wildman–Crippen MR) is 101 cm³/mol. The molecular formula is C21H20N2O. The van der Waals surface area contributed by atoms with E-state index in [4.69, 9.17) is 4.74 Å². The van der Waals surface area contributed by atoms with Crippen molar-refractivity contribution in [2.45, 2.75) is 0 Å². The highest BCUT2D eigenvalue weighted by atomic mass is 16.5. The summed E-state index contributed by atoms with van der Waals surface area (Å²) in [5.41, 5.74) is 3.34. The van der Waals surface area contributed by atoms with E-state index in [1.165, 1.54) is 16.5 Å². The van der Waals surface area contributed by atoms with Gasteiger partial charge >= 0.3 is 0 Å². The van der Waals surface area contributed by atoms with E-state index in [1.807, 2.05) is 6.21 Å². The van der Waals surface area contributed by atoms with Gasteiger partial charge in [0.25, 0.3) is 0 Å². The van der Waals surface area contributed by atoms with Gasteiger partial charge in [0.1, 0.15) is 0 Å². The highest BCUT2D eigenvalue weighted by molar-refractivity contribution is 5.87. The molecule has 4 rings (SSSR count). The molecule has 0 amide bonds. The summed E-state index contributed by atoms with van der Waals surface area (Å²) in [4.78, 5) is 6.97. The van der Waals surface area contributed by atoms with Gasteiger partial charge in [-0.2, -0.15) is 0 Å². The monoisotopic (exact) mass is 316 g/mol. The maximum absolute atomic E-state index is 5.40. The average molecular weight is 316 g/mol. The third-order valence-corrected chi connectivity index (χ3v) is 4.37. The molecule has 1 heterocycles. The molecule has 1 aliphatic heterocycles. The minimum atomic E-state index is 0.811. The Bertz CT molecular complexity index is 849. The SMILES string of the molecule is C(=Nc1ccc2ccccc2c1)c1ccc(N2CCOCC2)cc1. The molecule has 0 bridgehead atoms. The Morgan fingerprint density at radius 3 is 2.38 bits per heavy atom. The van der Waals surface area contributed by atoms with Crippen molar-refractivity contribution in [1.82, 2.24) is 0 Å². The molecule has 120 valence electrons. The van der Waals surface area contributed by atoms with Gasteiger partial charge in [-0.05, 0) is 40.6 Å². The van der Waals surface area contributed by atoms with Crippen LogP contribution in [0.15, 0.2) is 71.7 Å². The number of anilines is 1. The Morgan fingerprint density at radius 1 is 0.833 bits per heavy atom. The molecule has 0 unspecified atom stereocenters. The summed E-state index contributed by atoms with van der Waals surface area (Å²) in [7, 11) is 0. The van der Waals surface area contributed by atoms with Crippen LogP contribution in [0.3, 0.4) is 0 Å². The van der Waals surface area contributed by atoms with Gasteiger partial charge < -0.3 is 9.64 Å². The van der Waals surface area contributed by atoms with Crippen molar-refractivity contribution in [2.75, 3.05) is 31.2 Å². The fourth-order valence-electron chi connectivity index (χ4n) is 3.00. The fourth-order valence-corrected chi connectivity index (χ4v) is 3.00. The fraction of sp³-hybridized carbons (Fsp3) is 0.190. The number of fused-ring (bicyclic) bond motifs is 1. The highest BCUT2D eigenvalue weighted by Gasteiger charge is 2.10. The number of aliphatic imine (C=N–C) groups is 1. The number of hydrogen-bond acceptors (Lipinski definition) is 3. The maximum Gasteiger partial charge on any atom is 0.0642 e. The van der Waals surface area contributed by atoms with Crippen LogP contribution in [0.2, 0.25) is 0 Å². The van der Waals surface area contributed by atoms with E-state index in [0.29, 0.717) is 0 Å². The third kappa shape index (κ3) is 3.31. The van der Waals surface area contributed by atoms with Crippen LogP contribution in [0.4, 0.5) is 11.4 Å². The first-order valence-corrected chi connectivity index (χ1v) is 8.34. The van der Waals surface area contributed by atoms with Crippen LogP contribution < -0.4 is 4.90 Å². The van der Waals surface area contributed by atoms with Crippen LogP contribution in [-0.2, 0) is 4.74 Å². The summed E-state index contributed by atoms with van der Waals surface area (Å²) in [5.74, 6) is 0. The molecule has 0 N–H and O–H groups in total. The zero-order valence-corrected chi connectivity index (χ0v) is 13.6. The standard InChI is InChI=1S/C21H20N2O/c1-2-4-19-15-20(8-7-18(19)3-1)22-16-17-5-9-21(10-6-17)23-11-13-24-14-12-23/h1-10,15-16H,11-14H2. The molecule has 0 aromatic heterocycles. The molecule has 3 heteroatoms. The molecule has 1 aliphatic rings. The molecule has 3 aromatic carbocycles. The van der Waals surface area contributed by atoms with E-state index >= 15 is 0 Å². The third-order valence-electron chi connectivity index (χ3n) is 4.37. The molecule has 3 nitrogen and oxygen atoms in total. The van der Waals surface area contributed by atoms with Crippen molar-refractivity contribution in [2.24, 2.45) is 4.99 Å². The van der Waals surface area contributed by atoms with Gasteiger partial charge in [-0.15, -0.1) is 0 Å². The molecule has 0 atom stereocenters. The first kappa shape index (κ1) is 14.9. The Labute approximate surface area is 142 Å². The molecule has 3 aromatic rings. The molecule has 0 saturated carbocycles. The lowest BCUT2D eigenvalue weighted by Gasteiger charge is -2.28. The van der Waals surface area contributed by atoms with Gasteiger partial charge in [0, 0.05) is 25.0 Å². The molecular weight excluding hydrogens is 296 g/mol. The van der Waals surface area contributed by atoms with Crippen LogP contribution in [0.25, 0.3) is 10.8 Å². The zero-order chi connectivity index (χ0) is 16.2. The number of ether oxygens (including phenoxy) is 1. The van der Waals surface area contributed by atoms with Crippen molar-refractivity contribution >= 4 is 28.4 Å². The lowest BCUT2D eigenvalue weighted by atomic mass is 10.1. The summed E-state index contributed by atoms with van der Waals surface area (Å²) in [6.07, 6.45) is 1.92. The molecule has 0 spiro atoms. The van der Waals surface area contributed by atoms with Crippen LogP contribution in [0.5, 0.6) is 0 Å². The zero-order valence-electron chi connectivity index (χ0n) is 13.6. The van der Waals surface area contributed by atoms with Crippen molar-refractivity contribution in [3.05, 3.63) is 72.3 Å². The van der Waals surface area contributed by atoms with Gasteiger partial charge in [0.05, 0.1) is 18.9 Å². The molecule has 24 heavy (non-hydrogen) atoms. The summed E-state index contributed by atoms with van der Waals surface area (Å²) in [5, 5.41) is 2.46. The topological polar surface area (TPSA) is 24.8 Å². The van der Waals surface area contributed by atoms with Gasteiger partial charge in [0.15, 0.2) is 0 Å². The Hall–Kier alpha value is -2.65. The first-order chi connectivity index (χ1) is 11.9. The number of morpholine rings is 1. The molecule has 0 radical (unpaired) electrons. The summed E-state index contributed by atoms with van der Waals surface area (Å²) in [6.45, 7) is 3.55. The lowest BCUT2D eigenvalue weighted by molar-refractivity contribution is 0.122. The van der Waals surface area contributed by atoms with E-state index in [1.54, 1.807) is 0 Å². The number of benzene rings is 3. The lowest BCUT2D eigenvalue weighted by Crippen LogP contribution is -2.36. The van der Waals surface area contributed by atoms with Crippen molar-refractivity contribution in [1.29, 1.82) is 0 Å². The Balaban J connectivity index is 1.50. The van der Waals surface area contributed by atoms with E-state index in [0.717, 1.165) is 37.6 Å². The van der Waals surface area contributed by atoms with Crippen molar-refractivity contribution in [3.63, 3.8) is 0 Å². The average Bonchev–Trinajstić information content (AvgIpc) is 2.67. The van der Waals surface area contributed by atoms with Crippen LogP contribution in [0.1, 0.15) is 5.56 Å². The summed E-state index contributed by atoms with van der Waals surface area (Å²) >= 11 is 0. The Kier molecular flexibility index (Phi) is 4.26. The minimum absolute atomic E-state index is 0.811.